The molecule has 0 spiro atoms. The zero-order chi connectivity index (χ0) is 14.8. The summed E-state index contributed by atoms with van der Waals surface area (Å²) < 4.78 is 19.2. The summed E-state index contributed by atoms with van der Waals surface area (Å²) >= 11 is 0. The summed E-state index contributed by atoms with van der Waals surface area (Å²) in [5.41, 5.74) is 7.92. The van der Waals surface area contributed by atoms with E-state index in [2.05, 4.69) is 0 Å². The van der Waals surface area contributed by atoms with E-state index in [4.69, 9.17) is 10.5 Å². The summed E-state index contributed by atoms with van der Waals surface area (Å²) in [6.45, 7) is 6.15. The standard InChI is InChI=1S/C17H20FNO/c1-4-20-15-7-5-6-13(10-15)17(3,19)14-9-8-12(2)16(18)11-14/h5-11H,4,19H2,1-3H3. The van der Waals surface area contributed by atoms with Gasteiger partial charge in [0.2, 0.25) is 0 Å². The molecular formula is C17H20FNO. The quantitative estimate of drug-likeness (QED) is 0.920. The second-order valence-electron chi connectivity index (χ2n) is 5.13. The second-order valence-corrected chi connectivity index (χ2v) is 5.13. The van der Waals surface area contributed by atoms with Crippen LogP contribution in [-0.4, -0.2) is 6.61 Å². The molecular weight excluding hydrogens is 253 g/mol. The van der Waals surface area contributed by atoms with Crippen LogP contribution in [-0.2, 0) is 5.54 Å². The molecule has 2 nitrogen and oxygen atoms in total. The van der Waals surface area contributed by atoms with Gasteiger partial charge in [-0.05, 0) is 55.7 Å². The number of aryl methyl sites for hydroxylation is 1. The van der Waals surface area contributed by atoms with Crippen LogP contribution in [0.5, 0.6) is 5.75 Å². The van der Waals surface area contributed by atoms with Gasteiger partial charge < -0.3 is 10.5 Å². The monoisotopic (exact) mass is 273 g/mol. The van der Waals surface area contributed by atoms with E-state index in [1.54, 1.807) is 13.0 Å². The van der Waals surface area contributed by atoms with E-state index < -0.39 is 5.54 Å². The first kappa shape index (κ1) is 14.5. The van der Waals surface area contributed by atoms with E-state index >= 15 is 0 Å². The molecule has 2 rings (SSSR count). The highest BCUT2D eigenvalue weighted by Crippen LogP contribution is 2.29. The lowest BCUT2D eigenvalue weighted by Crippen LogP contribution is -2.34. The lowest BCUT2D eigenvalue weighted by molar-refractivity contribution is 0.339. The summed E-state index contributed by atoms with van der Waals surface area (Å²) in [5, 5.41) is 0. The molecule has 0 amide bonds. The van der Waals surface area contributed by atoms with Crippen molar-refractivity contribution in [2.24, 2.45) is 5.73 Å². The minimum Gasteiger partial charge on any atom is -0.494 e. The van der Waals surface area contributed by atoms with Crippen molar-refractivity contribution in [3.05, 3.63) is 65.0 Å². The van der Waals surface area contributed by atoms with Gasteiger partial charge in [-0.3, -0.25) is 0 Å². The lowest BCUT2D eigenvalue weighted by Gasteiger charge is -2.26. The van der Waals surface area contributed by atoms with Gasteiger partial charge in [0.25, 0.3) is 0 Å². The number of nitrogens with two attached hydrogens (primary N) is 1. The van der Waals surface area contributed by atoms with Crippen LogP contribution in [0.15, 0.2) is 42.5 Å². The Kier molecular flexibility index (Phi) is 4.09. The number of hydrogen-bond donors (Lipinski definition) is 1. The number of halogens is 1. The Hall–Kier alpha value is -1.87. The molecule has 0 aliphatic heterocycles. The molecule has 0 saturated carbocycles. The number of benzene rings is 2. The molecule has 0 saturated heterocycles. The van der Waals surface area contributed by atoms with Gasteiger partial charge in [0.1, 0.15) is 11.6 Å². The van der Waals surface area contributed by atoms with Crippen molar-refractivity contribution in [1.29, 1.82) is 0 Å². The van der Waals surface area contributed by atoms with Crippen LogP contribution in [0.1, 0.15) is 30.5 Å². The summed E-state index contributed by atoms with van der Waals surface area (Å²) in [6.07, 6.45) is 0. The second kappa shape index (κ2) is 5.63. The first-order chi connectivity index (χ1) is 9.45. The largest absolute Gasteiger partial charge is 0.494 e. The molecule has 0 aliphatic rings. The minimum atomic E-state index is -0.762. The third-order valence-corrected chi connectivity index (χ3v) is 3.52. The van der Waals surface area contributed by atoms with Crippen molar-refractivity contribution in [1.82, 2.24) is 0 Å². The fourth-order valence-corrected chi connectivity index (χ4v) is 2.16. The number of hydrogen-bond acceptors (Lipinski definition) is 2. The van der Waals surface area contributed by atoms with Crippen molar-refractivity contribution >= 4 is 0 Å². The first-order valence-electron chi connectivity index (χ1n) is 6.74. The average molecular weight is 273 g/mol. The maximum Gasteiger partial charge on any atom is 0.126 e. The normalized spacial score (nSPS) is 13.8. The van der Waals surface area contributed by atoms with Gasteiger partial charge in [-0.2, -0.15) is 0 Å². The lowest BCUT2D eigenvalue weighted by atomic mass is 9.85. The van der Waals surface area contributed by atoms with Crippen molar-refractivity contribution in [2.75, 3.05) is 6.61 Å². The van der Waals surface area contributed by atoms with Gasteiger partial charge in [0, 0.05) is 0 Å². The zero-order valence-corrected chi connectivity index (χ0v) is 12.1. The van der Waals surface area contributed by atoms with Gasteiger partial charge in [-0.1, -0.05) is 24.3 Å². The van der Waals surface area contributed by atoms with Crippen molar-refractivity contribution in [3.63, 3.8) is 0 Å². The Bertz CT molecular complexity index is 608. The summed E-state index contributed by atoms with van der Waals surface area (Å²) in [5.74, 6) is 0.536. The van der Waals surface area contributed by atoms with Crippen LogP contribution >= 0.6 is 0 Å². The molecule has 0 aromatic heterocycles. The highest BCUT2D eigenvalue weighted by molar-refractivity contribution is 5.41. The van der Waals surface area contributed by atoms with Crippen LogP contribution in [0.2, 0.25) is 0 Å². The molecule has 2 aromatic carbocycles. The van der Waals surface area contributed by atoms with Gasteiger partial charge in [0.15, 0.2) is 0 Å². The van der Waals surface area contributed by atoms with Crippen LogP contribution in [0, 0.1) is 12.7 Å². The summed E-state index contributed by atoms with van der Waals surface area (Å²) in [6, 6.07) is 12.7. The zero-order valence-electron chi connectivity index (χ0n) is 12.1. The Morgan fingerprint density at radius 1 is 1.15 bits per heavy atom. The maximum atomic E-state index is 13.7. The van der Waals surface area contributed by atoms with E-state index in [0.29, 0.717) is 12.2 Å². The summed E-state index contributed by atoms with van der Waals surface area (Å²) in [7, 11) is 0. The molecule has 1 atom stereocenters. The van der Waals surface area contributed by atoms with Crippen LogP contribution in [0.25, 0.3) is 0 Å². The average Bonchev–Trinajstić information content (AvgIpc) is 2.42. The third-order valence-electron chi connectivity index (χ3n) is 3.52. The van der Waals surface area contributed by atoms with Crippen molar-refractivity contribution in [2.45, 2.75) is 26.3 Å². The minimum absolute atomic E-state index is 0.236. The predicted molar refractivity (Wildman–Crippen MR) is 79.4 cm³/mol. The molecule has 2 aromatic rings. The molecule has 0 aliphatic carbocycles. The van der Waals surface area contributed by atoms with Gasteiger partial charge in [0.05, 0.1) is 12.1 Å². The highest BCUT2D eigenvalue weighted by Gasteiger charge is 2.25. The summed E-state index contributed by atoms with van der Waals surface area (Å²) in [4.78, 5) is 0. The molecule has 20 heavy (non-hydrogen) atoms. The van der Waals surface area contributed by atoms with E-state index in [9.17, 15) is 4.39 Å². The molecule has 0 bridgehead atoms. The van der Waals surface area contributed by atoms with E-state index in [0.717, 1.165) is 16.9 Å². The fourth-order valence-electron chi connectivity index (χ4n) is 2.16. The predicted octanol–water partition coefficient (Wildman–Crippen LogP) is 3.76. The van der Waals surface area contributed by atoms with E-state index in [-0.39, 0.29) is 5.82 Å². The Balaban J connectivity index is 2.42. The molecule has 3 heteroatoms. The Labute approximate surface area is 119 Å². The Morgan fingerprint density at radius 3 is 2.50 bits per heavy atom. The van der Waals surface area contributed by atoms with Crippen molar-refractivity contribution < 1.29 is 9.13 Å². The molecule has 106 valence electrons. The molecule has 0 radical (unpaired) electrons. The van der Waals surface area contributed by atoms with E-state index in [1.165, 1.54) is 6.07 Å². The van der Waals surface area contributed by atoms with Gasteiger partial charge in [-0.25, -0.2) is 4.39 Å². The molecule has 2 N–H and O–H groups in total. The number of rotatable bonds is 4. The maximum absolute atomic E-state index is 13.7. The van der Waals surface area contributed by atoms with Gasteiger partial charge in [-0.15, -0.1) is 0 Å². The molecule has 1 unspecified atom stereocenters. The SMILES string of the molecule is CCOc1cccc(C(C)(N)c2ccc(C)c(F)c2)c1. The first-order valence-corrected chi connectivity index (χ1v) is 6.74. The molecule has 0 heterocycles. The van der Waals surface area contributed by atoms with Crippen LogP contribution in [0.4, 0.5) is 4.39 Å². The topological polar surface area (TPSA) is 35.2 Å². The van der Waals surface area contributed by atoms with Crippen molar-refractivity contribution in [3.8, 4) is 5.75 Å². The van der Waals surface area contributed by atoms with Gasteiger partial charge >= 0.3 is 0 Å². The fraction of sp³-hybridized carbons (Fsp3) is 0.294. The third kappa shape index (κ3) is 2.83. The highest BCUT2D eigenvalue weighted by atomic mass is 19.1. The molecule has 0 fully saturated rings. The Morgan fingerprint density at radius 2 is 1.85 bits per heavy atom. The van der Waals surface area contributed by atoms with E-state index in [1.807, 2.05) is 44.2 Å². The van der Waals surface area contributed by atoms with Crippen LogP contribution in [0.3, 0.4) is 0 Å². The number of ether oxygens (including phenoxy) is 1. The smallest absolute Gasteiger partial charge is 0.126 e. The van der Waals surface area contributed by atoms with Crippen LogP contribution < -0.4 is 10.5 Å².